The quantitative estimate of drug-likeness (QED) is 0.134. The van der Waals surface area contributed by atoms with Crippen molar-refractivity contribution in [3.8, 4) is 23.3 Å². The van der Waals surface area contributed by atoms with Crippen LogP contribution in [0.5, 0.6) is 23.3 Å². The maximum atomic E-state index is 13.7. The number of aromatic nitrogens is 2. The fourth-order valence-electron chi connectivity index (χ4n) is 5.96. The molecule has 0 bridgehead atoms. The van der Waals surface area contributed by atoms with Gasteiger partial charge in [0.05, 0.1) is 29.5 Å². The Morgan fingerprint density at radius 2 is 1.17 bits per heavy atom. The van der Waals surface area contributed by atoms with E-state index in [9.17, 15) is 37.0 Å². The van der Waals surface area contributed by atoms with Crippen molar-refractivity contribution in [3.63, 3.8) is 0 Å². The lowest BCUT2D eigenvalue weighted by atomic mass is 9.93. The van der Waals surface area contributed by atoms with Crippen LogP contribution in [0.25, 0.3) is 0 Å². The van der Waals surface area contributed by atoms with E-state index in [0.717, 1.165) is 35.7 Å². The van der Waals surface area contributed by atoms with E-state index >= 15 is 0 Å². The molecule has 0 saturated heterocycles. The Bertz CT molecular complexity index is 2040. The molecule has 0 radical (unpaired) electrons. The van der Waals surface area contributed by atoms with Gasteiger partial charge < -0.3 is 30.3 Å². The van der Waals surface area contributed by atoms with Crippen LogP contribution in [0.4, 0.5) is 8.78 Å². The van der Waals surface area contributed by atoms with Crippen LogP contribution in [-0.2, 0) is 9.84 Å². The van der Waals surface area contributed by atoms with Crippen molar-refractivity contribution in [1.29, 1.82) is 0 Å². The maximum absolute atomic E-state index is 13.7. The number of nitrogens with zero attached hydrogens (tertiary/aromatic N) is 2. The lowest BCUT2D eigenvalue weighted by Crippen LogP contribution is -2.38. The SMILES string of the molecule is CS(=O)(=O)c1cccc(Oc2ncc(F)cc2C(=O)NC2CCC(O)CC2)c1.CSc1cccc(Oc2ncc(F)cc2C(=O)NC2CCC(O)CC2)c1. The smallest absolute Gasteiger partial charge is 0.257 e. The second kappa shape index (κ2) is 18.6. The van der Waals surface area contributed by atoms with Gasteiger partial charge in [0.1, 0.15) is 34.3 Å². The highest BCUT2D eigenvalue weighted by Crippen LogP contribution is 2.29. The van der Waals surface area contributed by atoms with Crippen LogP contribution in [0, 0.1) is 11.6 Å². The Morgan fingerprint density at radius 3 is 1.61 bits per heavy atom. The van der Waals surface area contributed by atoms with E-state index in [2.05, 4.69) is 20.6 Å². The number of aliphatic hydroxyl groups excluding tert-OH is 2. The maximum Gasteiger partial charge on any atom is 0.257 e. The molecular formula is C38H42F2N4O8S2. The normalized spacial score (nSPS) is 19.8. The lowest BCUT2D eigenvalue weighted by Gasteiger charge is -2.26. The van der Waals surface area contributed by atoms with Crippen LogP contribution in [0.15, 0.2) is 82.8 Å². The number of carbonyl (C=O) groups excluding carboxylic acids is 2. The molecule has 0 spiro atoms. The summed E-state index contributed by atoms with van der Waals surface area (Å²) in [5.41, 5.74) is -0.0263. The minimum absolute atomic E-state index is 0.0400. The zero-order valence-corrected chi connectivity index (χ0v) is 31.3. The van der Waals surface area contributed by atoms with Gasteiger partial charge in [-0.1, -0.05) is 12.1 Å². The van der Waals surface area contributed by atoms with Crippen molar-refractivity contribution < 1.29 is 46.5 Å². The molecule has 0 atom stereocenters. The van der Waals surface area contributed by atoms with Crippen LogP contribution >= 0.6 is 11.8 Å². The number of nitrogens with one attached hydrogen (secondary N) is 2. The topological polar surface area (TPSA) is 177 Å². The molecule has 288 valence electrons. The van der Waals surface area contributed by atoms with Gasteiger partial charge in [-0.3, -0.25) is 9.59 Å². The molecule has 12 nitrogen and oxygen atoms in total. The summed E-state index contributed by atoms with van der Waals surface area (Å²) in [6.07, 6.45) is 9.44. The fraction of sp³-hybridized carbons (Fsp3) is 0.368. The molecule has 6 rings (SSSR count). The van der Waals surface area contributed by atoms with Gasteiger partial charge in [-0.25, -0.2) is 27.2 Å². The van der Waals surface area contributed by atoms with Crippen LogP contribution in [0.2, 0.25) is 0 Å². The molecular weight excluding hydrogens is 743 g/mol. The fourth-order valence-corrected chi connectivity index (χ4v) is 7.07. The third kappa shape index (κ3) is 11.7. The monoisotopic (exact) mass is 784 g/mol. The van der Waals surface area contributed by atoms with E-state index in [1.54, 1.807) is 17.8 Å². The van der Waals surface area contributed by atoms with Crippen LogP contribution in [-0.4, -0.2) is 77.2 Å². The average Bonchev–Trinajstić information content (AvgIpc) is 3.15. The number of pyridine rings is 2. The first-order valence-corrected chi connectivity index (χ1v) is 20.5. The summed E-state index contributed by atoms with van der Waals surface area (Å²) in [6.45, 7) is 0. The van der Waals surface area contributed by atoms with E-state index in [-0.39, 0.29) is 57.8 Å². The minimum atomic E-state index is -3.43. The predicted octanol–water partition coefficient (Wildman–Crippen LogP) is 6.22. The number of amides is 2. The lowest BCUT2D eigenvalue weighted by molar-refractivity contribution is 0.0860. The molecule has 4 N–H and O–H groups in total. The Hall–Kier alpha value is -4.64. The zero-order valence-electron chi connectivity index (χ0n) is 29.7. The van der Waals surface area contributed by atoms with Crippen molar-refractivity contribution in [2.75, 3.05) is 12.5 Å². The van der Waals surface area contributed by atoms with Crippen LogP contribution in [0.3, 0.4) is 0 Å². The largest absolute Gasteiger partial charge is 0.438 e. The van der Waals surface area contributed by atoms with Crippen LogP contribution in [0.1, 0.15) is 72.1 Å². The van der Waals surface area contributed by atoms with Crippen molar-refractivity contribution in [3.05, 3.63) is 95.8 Å². The third-order valence-electron chi connectivity index (χ3n) is 8.89. The molecule has 2 saturated carbocycles. The molecule has 54 heavy (non-hydrogen) atoms. The highest BCUT2D eigenvalue weighted by molar-refractivity contribution is 7.98. The highest BCUT2D eigenvalue weighted by atomic mass is 32.2. The summed E-state index contributed by atoms with van der Waals surface area (Å²) in [4.78, 5) is 34.1. The van der Waals surface area contributed by atoms with Gasteiger partial charge in [-0.2, -0.15) is 0 Å². The molecule has 2 amide bonds. The Labute approximate surface area is 316 Å². The molecule has 2 aliphatic carbocycles. The van der Waals surface area contributed by atoms with Gasteiger partial charge in [-0.05, 0) is 106 Å². The zero-order chi connectivity index (χ0) is 38.8. The number of rotatable bonds is 10. The molecule has 2 aliphatic rings. The standard InChI is InChI=1S/C19H21FN2O5S.C19H21FN2O3S/c1-28(25,26)16-4-2-3-15(10-16)27-19-17(9-12(20)11-21-19)18(24)22-13-5-7-14(23)8-6-13;1-26-16-4-2-3-15(10-16)25-19-17(9-12(20)11-21-19)18(24)22-13-5-7-14(23)8-6-13/h2-4,9-11,13-14,23H,5-8H2,1H3,(H,22,24);2-4,9-11,13-14,23H,5-8H2,1H3,(H,22,24). The first-order chi connectivity index (χ1) is 25.8. The first kappa shape index (κ1) is 40.5. The Balaban J connectivity index is 0.000000208. The summed E-state index contributed by atoms with van der Waals surface area (Å²) in [5.74, 6) is -1.61. The number of sulfone groups is 1. The van der Waals surface area contributed by atoms with Crippen molar-refractivity contribution >= 4 is 33.4 Å². The highest BCUT2D eigenvalue weighted by Gasteiger charge is 2.25. The van der Waals surface area contributed by atoms with Crippen molar-refractivity contribution in [1.82, 2.24) is 20.6 Å². The Kier molecular flexibility index (Phi) is 14.0. The van der Waals surface area contributed by atoms with Gasteiger partial charge in [0.25, 0.3) is 11.8 Å². The number of hydrogen-bond donors (Lipinski definition) is 4. The first-order valence-electron chi connectivity index (χ1n) is 17.4. The van der Waals surface area contributed by atoms with Gasteiger partial charge >= 0.3 is 0 Å². The number of thioether (sulfide) groups is 1. The number of benzene rings is 2. The minimum Gasteiger partial charge on any atom is -0.438 e. The van der Waals surface area contributed by atoms with E-state index in [1.165, 1.54) is 24.3 Å². The van der Waals surface area contributed by atoms with E-state index < -0.39 is 33.3 Å². The van der Waals surface area contributed by atoms with Gasteiger partial charge in [0.2, 0.25) is 11.8 Å². The molecule has 2 aromatic carbocycles. The van der Waals surface area contributed by atoms with Gasteiger partial charge in [0, 0.05) is 23.2 Å². The molecule has 16 heteroatoms. The predicted molar refractivity (Wildman–Crippen MR) is 198 cm³/mol. The summed E-state index contributed by atoms with van der Waals surface area (Å²) in [6, 6.07) is 15.1. The van der Waals surface area contributed by atoms with Gasteiger partial charge in [0.15, 0.2) is 9.84 Å². The summed E-state index contributed by atoms with van der Waals surface area (Å²) >= 11 is 1.57. The number of ether oxygens (including phenoxy) is 2. The molecule has 0 aliphatic heterocycles. The average molecular weight is 785 g/mol. The number of aliphatic hydroxyl groups is 2. The second-order valence-electron chi connectivity index (χ2n) is 13.1. The number of halogens is 2. The van der Waals surface area contributed by atoms with E-state index in [1.807, 2.05) is 24.5 Å². The van der Waals surface area contributed by atoms with Crippen LogP contribution < -0.4 is 20.1 Å². The molecule has 4 aromatic rings. The van der Waals surface area contributed by atoms with E-state index in [0.29, 0.717) is 57.1 Å². The Morgan fingerprint density at radius 1 is 0.722 bits per heavy atom. The summed E-state index contributed by atoms with van der Waals surface area (Å²) in [7, 11) is -3.43. The van der Waals surface area contributed by atoms with Crippen molar-refractivity contribution in [2.45, 2.75) is 85.4 Å². The number of hydrogen-bond acceptors (Lipinski definition) is 11. The summed E-state index contributed by atoms with van der Waals surface area (Å²) in [5, 5.41) is 24.8. The summed E-state index contributed by atoms with van der Waals surface area (Å²) < 4.78 is 62.1. The van der Waals surface area contributed by atoms with Gasteiger partial charge in [-0.15, -0.1) is 11.8 Å². The number of carbonyl (C=O) groups is 2. The van der Waals surface area contributed by atoms with Crippen molar-refractivity contribution in [2.24, 2.45) is 0 Å². The third-order valence-corrected chi connectivity index (χ3v) is 10.7. The molecule has 2 fully saturated rings. The molecule has 2 heterocycles. The van der Waals surface area contributed by atoms with E-state index in [4.69, 9.17) is 9.47 Å². The molecule has 0 unspecified atom stereocenters. The molecule has 2 aromatic heterocycles. The second-order valence-corrected chi connectivity index (χ2v) is 16.0.